The van der Waals surface area contributed by atoms with E-state index in [0.29, 0.717) is 22.6 Å². The molecule has 2 N–H and O–H groups in total. The van der Waals surface area contributed by atoms with Gasteiger partial charge in [-0.05, 0) is 42.5 Å². The molecule has 0 aliphatic rings. The number of nitrogens with zero attached hydrogens (tertiary/aromatic N) is 3. The van der Waals surface area contributed by atoms with Crippen LogP contribution in [0.5, 0.6) is 0 Å². The van der Waals surface area contributed by atoms with Crippen LogP contribution < -0.4 is 10.6 Å². The van der Waals surface area contributed by atoms with E-state index in [2.05, 4.69) is 5.10 Å². The van der Waals surface area contributed by atoms with Gasteiger partial charge in [0, 0.05) is 31.0 Å². The van der Waals surface area contributed by atoms with E-state index in [1.54, 1.807) is 36.4 Å². The molecule has 0 unspecified atom stereocenters. The molecule has 0 aliphatic heterocycles. The van der Waals surface area contributed by atoms with E-state index in [0.717, 1.165) is 11.8 Å². The Hall–Kier alpha value is -2.96. The zero-order valence-electron chi connectivity index (χ0n) is 13.7. The van der Waals surface area contributed by atoms with E-state index < -0.39 is 11.9 Å². The van der Waals surface area contributed by atoms with E-state index in [1.807, 2.05) is 31.1 Å². The predicted molar refractivity (Wildman–Crippen MR) is 92.7 cm³/mol. The third-order valence-electron chi connectivity index (χ3n) is 3.82. The lowest BCUT2D eigenvalue weighted by Crippen LogP contribution is -2.08. The van der Waals surface area contributed by atoms with Crippen molar-refractivity contribution in [1.29, 1.82) is 0 Å². The van der Waals surface area contributed by atoms with Gasteiger partial charge in [0.2, 0.25) is 0 Å². The number of benzene rings is 2. The Labute approximate surface area is 143 Å². The first kappa shape index (κ1) is 16.9. The van der Waals surface area contributed by atoms with Crippen molar-refractivity contribution in [3.63, 3.8) is 0 Å². The molecule has 1 aromatic heterocycles. The van der Waals surface area contributed by atoms with Gasteiger partial charge in [-0.25, -0.2) is 4.68 Å². The van der Waals surface area contributed by atoms with E-state index >= 15 is 0 Å². The smallest absolute Gasteiger partial charge is 0.399 e. The number of nitrogen functional groups attached to an aromatic ring is 1. The highest BCUT2D eigenvalue weighted by Crippen LogP contribution is 2.33. The van der Waals surface area contributed by atoms with E-state index in [1.165, 1.54) is 4.68 Å². The third kappa shape index (κ3) is 3.45. The molecule has 7 heteroatoms. The molecule has 2 aromatic carbocycles. The molecule has 130 valence electrons. The molecular formula is C18H17F3N4. The van der Waals surface area contributed by atoms with Crippen LogP contribution in [-0.4, -0.2) is 23.9 Å². The summed E-state index contributed by atoms with van der Waals surface area (Å²) in [7, 11) is 3.80. The van der Waals surface area contributed by atoms with Gasteiger partial charge in [-0.3, -0.25) is 0 Å². The van der Waals surface area contributed by atoms with Gasteiger partial charge in [0.15, 0.2) is 5.69 Å². The topological polar surface area (TPSA) is 47.1 Å². The van der Waals surface area contributed by atoms with E-state index in [9.17, 15) is 13.2 Å². The molecule has 25 heavy (non-hydrogen) atoms. The first-order chi connectivity index (χ1) is 11.8. The van der Waals surface area contributed by atoms with Crippen molar-refractivity contribution in [3.05, 3.63) is 60.3 Å². The highest BCUT2D eigenvalue weighted by Gasteiger charge is 2.35. The molecule has 0 spiro atoms. The molecule has 0 amide bonds. The number of rotatable bonds is 3. The Morgan fingerprint density at radius 2 is 1.56 bits per heavy atom. The van der Waals surface area contributed by atoms with Crippen LogP contribution in [0.1, 0.15) is 5.69 Å². The first-order valence-electron chi connectivity index (χ1n) is 7.56. The summed E-state index contributed by atoms with van der Waals surface area (Å²) >= 11 is 0. The minimum absolute atomic E-state index is 0.363. The van der Waals surface area contributed by atoms with Crippen LogP contribution in [-0.2, 0) is 6.18 Å². The largest absolute Gasteiger partial charge is 0.435 e. The quantitative estimate of drug-likeness (QED) is 0.723. The predicted octanol–water partition coefficient (Wildman–Crippen LogP) is 4.21. The Morgan fingerprint density at radius 1 is 0.960 bits per heavy atom. The van der Waals surface area contributed by atoms with Gasteiger partial charge < -0.3 is 10.6 Å². The highest BCUT2D eigenvalue weighted by molar-refractivity contribution is 5.66. The van der Waals surface area contributed by atoms with Crippen molar-refractivity contribution in [2.75, 3.05) is 24.7 Å². The van der Waals surface area contributed by atoms with Gasteiger partial charge in [0.25, 0.3) is 0 Å². The zero-order valence-corrected chi connectivity index (χ0v) is 13.7. The minimum atomic E-state index is -4.52. The van der Waals surface area contributed by atoms with Gasteiger partial charge in [0.1, 0.15) is 0 Å². The normalized spacial score (nSPS) is 11.6. The lowest BCUT2D eigenvalue weighted by atomic mass is 10.1. The summed E-state index contributed by atoms with van der Waals surface area (Å²) < 4.78 is 40.7. The summed E-state index contributed by atoms with van der Waals surface area (Å²) in [6, 6.07) is 14.8. The Morgan fingerprint density at radius 3 is 2.08 bits per heavy atom. The lowest BCUT2D eigenvalue weighted by molar-refractivity contribution is -0.141. The standard InChI is InChI=1S/C18H17F3N4/c1-24(2)14-7-3-12(4-8-14)16-11-17(18(19,20)21)23-25(16)15-9-5-13(22)6-10-15/h3-11H,22H2,1-2H3. The van der Waals surface area contributed by atoms with Gasteiger partial charge in [-0.2, -0.15) is 18.3 Å². The number of aromatic nitrogens is 2. The fourth-order valence-electron chi connectivity index (χ4n) is 2.47. The van der Waals surface area contributed by atoms with Crippen LogP contribution in [0, 0.1) is 0 Å². The summed E-state index contributed by atoms with van der Waals surface area (Å²) in [5, 5.41) is 3.76. The highest BCUT2D eigenvalue weighted by atomic mass is 19.4. The summed E-state index contributed by atoms with van der Waals surface area (Å²) in [5.74, 6) is 0. The molecule has 4 nitrogen and oxygen atoms in total. The molecule has 0 radical (unpaired) electrons. The van der Waals surface area contributed by atoms with Gasteiger partial charge in [-0.15, -0.1) is 0 Å². The Kier molecular flexibility index (Phi) is 4.16. The second-order valence-electron chi connectivity index (χ2n) is 5.86. The van der Waals surface area contributed by atoms with Crippen molar-refractivity contribution in [2.45, 2.75) is 6.18 Å². The second-order valence-corrected chi connectivity index (χ2v) is 5.86. The van der Waals surface area contributed by atoms with Crippen LogP contribution >= 0.6 is 0 Å². The number of anilines is 2. The van der Waals surface area contributed by atoms with Gasteiger partial charge in [0.05, 0.1) is 11.4 Å². The number of alkyl halides is 3. The Balaban J connectivity index is 2.13. The van der Waals surface area contributed by atoms with Crippen LogP contribution in [0.4, 0.5) is 24.5 Å². The van der Waals surface area contributed by atoms with Crippen molar-refractivity contribution < 1.29 is 13.2 Å². The molecule has 1 heterocycles. The first-order valence-corrected chi connectivity index (χ1v) is 7.56. The van der Waals surface area contributed by atoms with Gasteiger partial charge in [-0.1, -0.05) is 12.1 Å². The lowest BCUT2D eigenvalue weighted by Gasteiger charge is -2.13. The monoisotopic (exact) mass is 346 g/mol. The molecule has 0 atom stereocenters. The van der Waals surface area contributed by atoms with Crippen LogP contribution in [0.25, 0.3) is 16.9 Å². The number of halogens is 3. The summed E-state index contributed by atoms with van der Waals surface area (Å²) in [6.07, 6.45) is -4.52. The van der Waals surface area contributed by atoms with Crippen LogP contribution in [0.3, 0.4) is 0 Å². The summed E-state index contributed by atoms with van der Waals surface area (Å²) in [6.45, 7) is 0. The van der Waals surface area contributed by atoms with Crippen molar-refractivity contribution in [3.8, 4) is 16.9 Å². The number of hydrogen-bond donors (Lipinski definition) is 1. The Bertz CT molecular complexity index is 863. The molecule has 0 saturated heterocycles. The fourth-order valence-corrected chi connectivity index (χ4v) is 2.47. The van der Waals surface area contributed by atoms with Crippen LogP contribution in [0.2, 0.25) is 0 Å². The molecule has 0 aliphatic carbocycles. The maximum atomic E-state index is 13.1. The molecule has 0 saturated carbocycles. The minimum Gasteiger partial charge on any atom is -0.399 e. The third-order valence-corrected chi connectivity index (χ3v) is 3.82. The SMILES string of the molecule is CN(C)c1ccc(-c2cc(C(F)(F)F)nn2-c2ccc(N)cc2)cc1. The second kappa shape index (κ2) is 6.16. The van der Waals surface area contributed by atoms with Gasteiger partial charge >= 0.3 is 6.18 Å². The van der Waals surface area contributed by atoms with Crippen molar-refractivity contribution >= 4 is 11.4 Å². The molecule has 3 rings (SSSR count). The molecule has 0 fully saturated rings. The van der Waals surface area contributed by atoms with Crippen molar-refractivity contribution in [2.24, 2.45) is 0 Å². The number of nitrogens with two attached hydrogens (primary N) is 1. The molecular weight excluding hydrogens is 329 g/mol. The summed E-state index contributed by atoms with van der Waals surface area (Å²) in [4.78, 5) is 1.92. The maximum Gasteiger partial charge on any atom is 0.435 e. The number of hydrogen-bond acceptors (Lipinski definition) is 3. The average molecular weight is 346 g/mol. The zero-order chi connectivity index (χ0) is 18.2. The summed E-state index contributed by atoms with van der Waals surface area (Å²) in [5.41, 5.74) is 7.73. The van der Waals surface area contributed by atoms with E-state index in [4.69, 9.17) is 5.73 Å². The van der Waals surface area contributed by atoms with Crippen molar-refractivity contribution in [1.82, 2.24) is 9.78 Å². The average Bonchev–Trinajstić information content (AvgIpc) is 3.01. The maximum absolute atomic E-state index is 13.1. The fraction of sp³-hybridized carbons (Fsp3) is 0.167. The van der Waals surface area contributed by atoms with Crippen LogP contribution in [0.15, 0.2) is 54.6 Å². The van der Waals surface area contributed by atoms with E-state index in [-0.39, 0.29) is 0 Å². The molecule has 3 aromatic rings. The molecule has 0 bridgehead atoms.